The molecule has 0 aliphatic carbocycles. The smallest absolute Gasteiger partial charge is 0.343 e. The Morgan fingerprint density at radius 3 is 2.68 bits per heavy atom. The van der Waals surface area contributed by atoms with E-state index in [1.54, 1.807) is 0 Å². The van der Waals surface area contributed by atoms with Gasteiger partial charge in [0.05, 0.1) is 4.92 Å². The van der Waals surface area contributed by atoms with Crippen molar-refractivity contribution in [3.05, 3.63) is 33.9 Å². The molecule has 1 rings (SSSR count). The molecule has 0 aliphatic heterocycles. The van der Waals surface area contributed by atoms with E-state index in [9.17, 15) is 19.7 Å². The fourth-order valence-electron chi connectivity index (χ4n) is 1.26. The minimum atomic E-state index is -1.23. The molecule has 9 heteroatoms. The Morgan fingerprint density at radius 2 is 2.16 bits per heavy atom. The van der Waals surface area contributed by atoms with Crippen LogP contribution in [0, 0.1) is 17.0 Å². The lowest BCUT2D eigenvalue weighted by Gasteiger charge is -2.07. The summed E-state index contributed by atoms with van der Waals surface area (Å²) in [6.07, 6.45) is 0. The highest BCUT2D eigenvalue weighted by Crippen LogP contribution is 2.21. The third-order valence-electron chi connectivity index (χ3n) is 2.01. The molecule has 0 spiro atoms. The molecule has 0 aliphatic rings. The van der Waals surface area contributed by atoms with Crippen LogP contribution in [0.1, 0.15) is 5.56 Å². The van der Waals surface area contributed by atoms with Crippen LogP contribution in [0.5, 0.6) is 0 Å². The lowest BCUT2D eigenvalue weighted by molar-refractivity contribution is -0.385. The Labute approximate surface area is 107 Å². The molecule has 0 unspecified atom stereocenters. The highest BCUT2D eigenvalue weighted by Gasteiger charge is 2.11. The summed E-state index contributed by atoms with van der Waals surface area (Å²) in [5, 5.41) is 21.2. The summed E-state index contributed by atoms with van der Waals surface area (Å²) < 4.78 is 0. The van der Waals surface area contributed by atoms with Gasteiger partial charge in [-0.3, -0.25) is 15.0 Å². The van der Waals surface area contributed by atoms with Crippen molar-refractivity contribution >= 4 is 23.4 Å². The van der Waals surface area contributed by atoms with Gasteiger partial charge in [-0.25, -0.2) is 15.1 Å². The number of carboxylic acids is 1. The third kappa shape index (κ3) is 4.60. The van der Waals surface area contributed by atoms with Crippen LogP contribution in [0.15, 0.2) is 18.2 Å². The molecule has 102 valence electrons. The quantitative estimate of drug-likeness (QED) is 0.540. The fourth-order valence-corrected chi connectivity index (χ4v) is 1.26. The van der Waals surface area contributed by atoms with Gasteiger partial charge < -0.3 is 10.4 Å². The lowest BCUT2D eigenvalue weighted by Crippen LogP contribution is -2.30. The molecule has 9 nitrogen and oxygen atoms in total. The van der Waals surface area contributed by atoms with E-state index in [1.165, 1.54) is 25.1 Å². The number of benzene rings is 1. The number of nitrogens with one attached hydrogen (secondary N) is 2. The van der Waals surface area contributed by atoms with Crippen molar-refractivity contribution in [3.63, 3.8) is 0 Å². The largest absolute Gasteiger partial charge is 0.479 e. The van der Waals surface area contributed by atoms with Gasteiger partial charge in [-0.15, -0.1) is 0 Å². The van der Waals surface area contributed by atoms with E-state index >= 15 is 0 Å². The van der Waals surface area contributed by atoms with Gasteiger partial charge in [0, 0.05) is 17.3 Å². The molecule has 0 saturated carbocycles. The normalized spacial score (nSPS) is 9.74. The molecule has 0 radical (unpaired) electrons. The minimum Gasteiger partial charge on any atom is -0.479 e. The molecule has 2 amide bonds. The first-order valence-electron chi connectivity index (χ1n) is 5.05. The topological polar surface area (TPSA) is 131 Å². The summed E-state index contributed by atoms with van der Waals surface area (Å²) in [5.41, 5.74) is 2.50. The summed E-state index contributed by atoms with van der Waals surface area (Å²) in [5.74, 6) is -1.23. The number of hydrogen-bond acceptors (Lipinski definition) is 5. The summed E-state index contributed by atoms with van der Waals surface area (Å²) in [7, 11) is 0. The van der Waals surface area contributed by atoms with E-state index in [4.69, 9.17) is 5.11 Å². The number of urea groups is 1. The van der Waals surface area contributed by atoms with Crippen molar-refractivity contribution in [1.29, 1.82) is 0 Å². The maximum absolute atomic E-state index is 11.3. The predicted octanol–water partition coefficient (Wildman–Crippen LogP) is 1.04. The zero-order valence-corrected chi connectivity index (χ0v) is 9.87. The summed E-state index contributed by atoms with van der Waals surface area (Å²) in [6.45, 7) is 0.856. The molecule has 19 heavy (non-hydrogen) atoms. The Balaban J connectivity index is 2.58. The number of nitro benzene ring substituents is 1. The van der Waals surface area contributed by atoms with Crippen LogP contribution in [0.4, 0.5) is 16.2 Å². The number of nitro groups is 1. The Morgan fingerprint density at radius 1 is 1.47 bits per heavy atom. The van der Waals surface area contributed by atoms with Crippen molar-refractivity contribution in [2.24, 2.45) is 0 Å². The van der Waals surface area contributed by atoms with Crippen LogP contribution < -0.4 is 10.8 Å². The molecule has 0 aromatic heterocycles. The highest BCUT2D eigenvalue weighted by molar-refractivity contribution is 5.88. The molecule has 0 heterocycles. The monoisotopic (exact) mass is 269 g/mol. The average molecular weight is 269 g/mol. The maximum atomic E-state index is 11.3. The summed E-state index contributed by atoms with van der Waals surface area (Å²) in [6, 6.07) is 3.23. The number of nitrogens with zero attached hydrogens (tertiary/aromatic N) is 1. The number of aliphatic carboxylic acids is 1. The van der Waals surface area contributed by atoms with Gasteiger partial charge in [0.1, 0.15) is 0 Å². The molecule has 1 aromatic rings. The van der Waals surface area contributed by atoms with Crippen LogP contribution in [-0.4, -0.2) is 28.6 Å². The molecule has 3 N–H and O–H groups in total. The summed E-state index contributed by atoms with van der Waals surface area (Å²) in [4.78, 5) is 35.8. The second-order valence-corrected chi connectivity index (χ2v) is 3.50. The first-order valence-corrected chi connectivity index (χ1v) is 5.05. The van der Waals surface area contributed by atoms with E-state index in [0.29, 0.717) is 11.3 Å². The van der Waals surface area contributed by atoms with E-state index in [0.717, 1.165) is 0 Å². The SMILES string of the molecule is Cc1cc(NC(=O)NOCC(=O)O)ccc1[N+](=O)[O-]. The van der Waals surface area contributed by atoms with Gasteiger partial charge in [0.2, 0.25) is 0 Å². The Bertz CT molecular complexity index is 516. The highest BCUT2D eigenvalue weighted by atomic mass is 16.7. The Kier molecular flexibility index (Phi) is 4.77. The van der Waals surface area contributed by atoms with E-state index < -0.39 is 23.5 Å². The lowest BCUT2D eigenvalue weighted by atomic mass is 10.2. The predicted molar refractivity (Wildman–Crippen MR) is 63.6 cm³/mol. The molecule has 0 saturated heterocycles. The van der Waals surface area contributed by atoms with Gasteiger partial charge in [0.15, 0.2) is 6.61 Å². The minimum absolute atomic E-state index is 0.0620. The number of carbonyl (C=O) groups excluding carboxylic acids is 1. The van der Waals surface area contributed by atoms with Crippen LogP contribution in [-0.2, 0) is 9.63 Å². The number of aryl methyl sites for hydroxylation is 1. The number of carboxylic acid groups (broad SMARTS) is 1. The van der Waals surface area contributed by atoms with Gasteiger partial charge in [-0.1, -0.05) is 0 Å². The zero-order chi connectivity index (χ0) is 14.4. The number of amides is 2. The van der Waals surface area contributed by atoms with Gasteiger partial charge in [0.25, 0.3) is 5.69 Å². The molecular weight excluding hydrogens is 258 g/mol. The van der Waals surface area contributed by atoms with Crippen molar-refractivity contribution in [2.75, 3.05) is 11.9 Å². The number of anilines is 1. The molecule has 0 fully saturated rings. The maximum Gasteiger partial charge on any atom is 0.343 e. The van der Waals surface area contributed by atoms with Crippen LogP contribution in [0.3, 0.4) is 0 Å². The van der Waals surface area contributed by atoms with Gasteiger partial charge in [-0.2, -0.15) is 0 Å². The standard InChI is InChI=1S/C10H11N3O6/c1-6-4-7(2-3-8(6)13(17)18)11-10(16)12-19-5-9(14)15/h2-4H,5H2,1H3,(H,14,15)(H2,11,12,16). The van der Waals surface area contributed by atoms with Gasteiger partial charge in [-0.05, 0) is 19.1 Å². The van der Waals surface area contributed by atoms with Crippen molar-refractivity contribution in [2.45, 2.75) is 6.92 Å². The van der Waals surface area contributed by atoms with Crippen molar-refractivity contribution in [3.8, 4) is 0 Å². The number of rotatable bonds is 5. The van der Waals surface area contributed by atoms with Crippen LogP contribution in [0.25, 0.3) is 0 Å². The van der Waals surface area contributed by atoms with E-state index in [1.807, 2.05) is 5.48 Å². The molecule has 0 atom stereocenters. The third-order valence-corrected chi connectivity index (χ3v) is 2.01. The first kappa shape index (κ1) is 14.4. The first-order chi connectivity index (χ1) is 8.90. The van der Waals surface area contributed by atoms with Crippen molar-refractivity contribution in [1.82, 2.24) is 5.48 Å². The van der Waals surface area contributed by atoms with Crippen LogP contribution >= 0.6 is 0 Å². The number of hydroxylamine groups is 1. The second kappa shape index (κ2) is 6.31. The average Bonchev–Trinajstić information content (AvgIpc) is 2.27. The molecule has 1 aromatic carbocycles. The van der Waals surface area contributed by atoms with Gasteiger partial charge >= 0.3 is 12.0 Å². The van der Waals surface area contributed by atoms with E-state index in [2.05, 4.69) is 10.2 Å². The molecule has 0 bridgehead atoms. The number of carbonyl (C=O) groups is 2. The fraction of sp³-hybridized carbons (Fsp3) is 0.200. The van der Waals surface area contributed by atoms with Crippen molar-refractivity contribution < 1.29 is 24.5 Å². The second-order valence-electron chi connectivity index (χ2n) is 3.50. The summed E-state index contributed by atoms with van der Waals surface area (Å²) >= 11 is 0. The molecular formula is C10H11N3O6. The number of hydrogen-bond donors (Lipinski definition) is 3. The Hall–Kier alpha value is -2.68. The van der Waals surface area contributed by atoms with E-state index in [-0.39, 0.29) is 5.69 Å². The zero-order valence-electron chi connectivity index (χ0n) is 9.87. The van der Waals surface area contributed by atoms with Crippen LogP contribution in [0.2, 0.25) is 0 Å².